The van der Waals surface area contributed by atoms with Gasteiger partial charge < -0.3 is 15.2 Å². The smallest absolute Gasteiger partial charge is 0.508 e. The van der Waals surface area contributed by atoms with E-state index >= 15 is 0 Å². The number of benzene rings is 2. The van der Waals surface area contributed by atoms with Crippen LogP contribution in [0.4, 0.5) is 17.6 Å². The summed E-state index contributed by atoms with van der Waals surface area (Å²) in [6, 6.07) is 11.4. The van der Waals surface area contributed by atoms with Gasteiger partial charge in [-0.15, -0.1) is 13.2 Å². The van der Waals surface area contributed by atoms with E-state index in [4.69, 9.17) is 0 Å². The average Bonchev–Trinajstić information content (AvgIpc) is 2.76. The number of phenolic OH excluding ortho intramolecular Hbond substituents is 1. The fourth-order valence-corrected chi connectivity index (χ4v) is 3.91. The summed E-state index contributed by atoms with van der Waals surface area (Å²) in [5.74, 6) is -0.919. The standard InChI is InChI=1S/C23H21F4N3O2/c24-17-3-1-15(2-4-17)21-13-29-9-10-30(21)14-16-7-8-28-12-20(16)19-11-18(31)5-6-22(19)32-23(25,26)27/h1-8,11-12,21,29,31H,9-10,13-14H2. The van der Waals surface area contributed by atoms with Gasteiger partial charge in [0.05, 0.1) is 0 Å². The Bertz CT molecular complexity index is 1070. The van der Waals surface area contributed by atoms with E-state index in [2.05, 4.69) is 19.9 Å². The van der Waals surface area contributed by atoms with Crippen LogP contribution in [0.15, 0.2) is 60.9 Å². The molecule has 32 heavy (non-hydrogen) atoms. The van der Waals surface area contributed by atoms with Gasteiger partial charge in [-0.05, 0) is 47.5 Å². The molecule has 2 N–H and O–H groups in total. The number of piperazine rings is 1. The number of hydrogen-bond acceptors (Lipinski definition) is 5. The van der Waals surface area contributed by atoms with Crippen LogP contribution >= 0.6 is 0 Å². The van der Waals surface area contributed by atoms with E-state index in [-0.39, 0.29) is 23.2 Å². The normalized spacial score (nSPS) is 17.3. The lowest BCUT2D eigenvalue weighted by Gasteiger charge is -2.37. The molecule has 0 aliphatic carbocycles. The van der Waals surface area contributed by atoms with E-state index in [1.165, 1.54) is 24.4 Å². The molecule has 9 heteroatoms. The van der Waals surface area contributed by atoms with Crippen LogP contribution in [0.25, 0.3) is 11.1 Å². The molecule has 1 fully saturated rings. The highest BCUT2D eigenvalue weighted by Gasteiger charge is 2.33. The molecule has 0 saturated carbocycles. The van der Waals surface area contributed by atoms with Crippen LogP contribution < -0.4 is 10.1 Å². The molecule has 1 unspecified atom stereocenters. The molecule has 0 spiro atoms. The lowest BCUT2D eigenvalue weighted by atomic mass is 9.98. The fourth-order valence-electron chi connectivity index (χ4n) is 3.91. The van der Waals surface area contributed by atoms with Gasteiger partial charge >= 0.3 is 6.36 Å². The van der Waals surface area contributed by atoms with Crippen LogP contribution in [0.2, 0.25) is 0 Å². The largest absolute Gasteiger partial charge is 0.573 e. The fraction of sp³-hybridized carbons (Fsp3) is 0.261. The Morgan fingerprint density at radius 3 is 2.62 bits per heavy atom. The minimum absolute atomic E-state index is 0.0413. The van der Waals surface area contributed by atoms with E-state index < -0.39 is 12.1 Å². The summed E-state index contributed by atoms with van der Waals surface area (Å²) in [4.78, 5) is 6.25. The van der Waals surface area contributed by atoms with Crippen molar-refractivity contribution in [3.05, 3.63) is 77.9 Å². The lowest BCUT2D eigenvalue weighted by Crippen LogP contribution is -2.45. The topological polar surface area (TPSA) is 57.6 Å². The number of alkyl halides is 3. The summed E-state index contributed by atoms with van der Waals surface area (Å²) in [6.45, 7) is 2.51. The van der Waals surface area contributed by atoms with Gasteiger partial charge in [0.2, 0.25) is 0 Å². The van der Waals surface area contributed by atoms with Crippen LogP contribution in [0.1, 0.15) is 17.2 Å². The van der Waals surface area contributed by atoms with Crippen LogP contribution in [0.5, 0.6) is 11.5 Å². The Balaban J connectivity index is 1.68. The van der Waals surface area contributed by atoms with E-state index in [0.717, 1.165) is 29.8 Å². The minimum atomic E-state index is -4.87. The maximum Gasteiger partial charge on any atom is 0.573 e. The van der Waals surface area contributed by atoms with Crippen molar-refractivity contribution in [2.24, 2.45) is 0 Å². The number of nitrogens with zero attached hydrogens (tertiary/aromatic N) is 2. The van der Waals surface area contributed by atoms with Crippen molar-refractivity contribution in [1.82, 2.24) is 15.2 Å². The predicted octanol–water partition coefficient (Wildman–Crippen LogP) is 4.64. The maximum absolute atomic E-state index is 13.4. The number of aromatic hydroxyl groups is 1. The first-order valence-corrected chi connectivity index (χ1v) is 10.0. The van der Waals surface area contributed by atoms with Crippen molar-refractivity contribution in [2.75, 3.05) is 19.6 Å². The Hall–Kier alpha value is -3.17. The molecule has 0 bridgehead atoms. The van der Waals surface area contributed by atoms with E-state index in [0.29, 0.717) is 25.2 Å². The van der Waals surface area contributed by atoms with Crippen molar-refractivity contribution in [3.8, 4) is 22.6 Å². The zero-order valence-corrected chi connectivity index (χ0v) is 16.9. The summed E-state index contributed by atoms with van der Waals surface area (Å²) < 4.78 is 56.4. The first-order valence-electron chi connectivity index (χ1n) is 10.0. The first kappa shape index (κ1) is 22.0. The van der Waals surface area contributed by atoms with Gasteiger partial charge in [0, 0.05) is 55.7 Å². The maximum atomic E-state index is 13.4. The molecule has 2 aromatic carbocycles. The van der Waals surface area contributed by atoms with E-state index in [9.17, 15) is 22.7 Å². The van der Waals surface area contributed by atoms with Gasteiger partial charge in [0.15, 0.2) is 0 Å². The summed E-state index contributed by atoms with van der Waals surface area (Å²) in [5.41, 5.74) is 2.19. The van der Waals surface area contributed by atoms with Gasteiger partial charge in [0.1, 0.15) is 17.3 Å². The Morgan fingerprint density at radius 2 is 1.88 bits per heavy atom. The molecule has 4 rings (SSSR count). The molecule has 1 aromatic heterocycles. The van der Waals surface area contributed by atoms with Crippen molar-refractivity contribution < 1.29 is 27.4 Å². The van der Waals surface area contributed by atoms with Gasteiger partial charge in [-0.3, -0.25) is 9.88 Å². The Morgan fingerprint density at radius 1 is 1.09 bits per heavy atom. The zero-order valence-electron chi connectivity index (χ0n) is 16.9. The van der Waals surface area contributed by atoms with Crippen LogP contribution in [0, 0.1) is 5.82 Å². The number of pyridine rings is 1. The van der Waals surface area contributed by atoms with Crippen LogP contribution in [0.3, 0.4) is 0 Å². The van der Waals surface area contributed by atoms with Crippen molar-refractivity contribution in [2.45, 2.75) is 18.9 Å². The SMILES string of the molecule is Oc1ccc(OC(F)(F)F)c(-c2cnccc2CN2CCNCC2c2ccc(F)cc2)c1. The zero-order chi connectivity index (χ0) is 22.7. The van der Waals surface area contributed by atoms with E-state index in [1.54, 1.807) is 24.4 Å². The number of rotatable bonds is 5. The number of phenols is 1. The third-order valence-electron chi connectivity index (χ3n) is 5.37. The lowest BCUT2D eigenvalue weighted by molar-refractivity contribution is -0.274. The molecule has 1 aliphatic rings. The number of nitrogens with one attached hydrogen (secondary N) is 1. The van der Waals surface area contributed by atoms with Crippen molar-refractivity contribution >= 4 is 0 Å². The predicted molar refractivity (Wildman–Crippen MR) is 110 cm³/mol. The summed E-state index contributed by atoms with van der Waals surface area (Å²) >= 11 is 0. The van der Waals surface area contributed by atoms with Gasteiger partial charge in [-0.2, -0.15) is 0 Å². The van der Waals surface area contributed by atoms with Crippen LogP contribution in [-0.2, 0) is 6.54 Å². The highest BCUT2D eigenvalue weighted by atomic mass is 19.4. The minimum Gasteiger partial charge on any atom is -0.508 e. The molecule has 2 heterocycles. The van der Waals surface area contributed by atoms with Crippen LogP contribution in [-0.4, -0.2) is 41.0 Å². The Labute approximate surface area is 182 Å². The van der Waals surface area contributed by atoms with E-state index in [1.807, 2.05) is 0 Å². The quantitative estimate of drug-likeness (QED) is 0.559. The molecule has 1 aliphatic heterocycles. The molecule has 5 nitrogen and oxygen atoms in total. The monoisotopic (exact) mass is 447 g/mol. The number of hydrogen-bond donors (Lipinski definition) is 2. The number of ether oxygens (including phenoxy) is 1. The van der Waals surface area contributed by atoms with Crippen molar-refractivity contribution in [3.63, 3.8) is 0 Å². The molecule has 168 valence electrons. The summed E-state index contributed by atoms with van der Waals surface area (Å²) in [5, 5.41) is 13.2. The van der Waals surface area contributed by atoms with Crippen molar-refractivity contribution in [1.29, 1.82) is 0 Å². The van der Waals surface area contributed by atoms with Gasteiger partial charge in [-0.1, -0.05) is 12.1 Å². The van der Waals surface area contributed by atoms with Gasteiger partial charge in [0.25, 0.3) is 0 Å². The molecule has 3 aromatic rings. The molecule has 0 amide bonds. The molecular weight excluding hydrogens is 426 g/mol. The first-order chi connectivity index (χ1) is 15.3. The summed E-state index contributed by atoms with van der Waals surface area (Å²) in [7, 11) is 0. The second-order valence-electron chi connectivity index (χ2n) is 7.50. The second kappa shape index (κ2) is 9.13. The third-order valence-corrected chi connectivity index (χ3v) is 5.37. The Kier molecular flexibility index (Phi) is 6.29. The van der Waals surface area contributed by atoms with Gasteiger partial charge in [-0.25, -0.2) is 4.39 Å². The summed E-state index contributed by atoms with van der Waals surface area (Å²) in [6.07, 6.45) is -1.84. The molecule has 0 radical (unpaired) electrons. The molecule has 1 atom stereocenters. The second-order valence-corrected chi connectivity index (χ2v) is 7.50. The third kappa shape index (κ3) is 5.17. The average molecular weight is 447 g/mol. The highest BCUT2D eigenvalue weighted by Crippen LogP contribution is 2.38. The number of aromatic nitrogens is 1. The molecular formula is C23H21F4N3O2. The molecule has 1 saturated heterocycles. The number of halogens is 4. The highest BCUT2D eigenvalue weighted by molar-refractivity contribution is 5.74.